The lowest BCUT2D eigenvalue weighted by atomic mass is 10.1. The Labute approximate surface area is 93.9 Å². The van der Waals surface area contributed by atoms with Crippen LogP contribution in [-0.2, 0) is 0 Å². The molecule has 4 nitrogen and oxygen atoms in total. The van der Waals surface area contributed by atoms with Gasteiger partial charge in [-0.3, -0.25) is 0 Å². The lowest BCUT2D eigenvalue weighted by Gasteiger charge is -2.08. The number of fused-ring (bicyclic) bond motifs is 1. The first-order valence-electron chi connectivity index (χ1n) is 5.00. The van der Waals surface area contributed by atoms with E-state index in [0.717, 1.165) is 16.7 Å². The molecule has 0 fully saturated rings. The molecule has 16 heavy (non-hydrogen) atoms. The van der Waals surface area contributed by atoms with Gasteiger partial charge in [-0.1, -0.05) is 0 Å². The molecule has 0 amide bonds. The third-order valence-corrected chi connectivity index (χ3v) is 2.81. The average molecular weight is 221 g/mol. The molecule has 4 heteroatoms. The zero-order valence-electron chi connectivity index (χ0n) is 9.88. The lowest BCUT2D eigenvalue weighted by Crippen LogP contribution is -1.95. The van der Waals surface area contributed by atoms with E-state index in [0.29, 0.717) is 22.8 Å². The molecule has 0 spiro atoms. The van der Waals surface area contributed by atoms with Crippen molar-refractivity contribution in [1.29, 1.82) is 0 Å². The fraction of sp³-hybridized carbons (Fsp3) is 0.333. The van der Waals surface area contributed by atoms with E-state index in [-0.39, 0.29) is 0 Å². The molecule has 0 radical (unpaired) electrons. The maximum absolute atomic E-state index is 5.87. The molecule has 1 aromatic carbocycles. The van der Waals surface area contributed by atoms with E-state index in [1.54, 1.807) is 20.3 Å². The van der Waals surface area contributed by atoms with Gasteiger partial charge in [-0.15, -0.1) is 0 Å². The van der Waals surface area contributed by atoms with Gasteiger partial charge in [0, 0.05) is 11.6 Å². The van der Waals surface area contributed by atoms with Crippen molar-refractivity contribution in [2.45, 2.75) is 13.8 Å². The lowest BCUT2D eigenvalue weighted by molar-refractivity contribution is 0.404. The van der Waals surface area contributed by atoms with Crippen LogP contribution >= 0.6 is 0 Å². The Morgan fingerprint density at radius 2 is 1.88 bits per heavy atom. The number of methoxy groups -OCH3 is 2. The minimum Gasteiger partial charge on any atom is -0.496 e. The largest absolute Gasteiger partial charge is 0.496 e. The number of aryl methyl sites for hydroxylation is 2. The van der Waals surface area contributed by atoms with Gasteiger partial charge in [-0.25, -0.2) is 0 Å². The second kappa shape index (κ2) is 3.63. The number of anilines is 1. The highest BCUT2D eigenvalue weighted by atomic mass is 16.5. The van der Waals surface area contributed by atoms with Crippen LogP contribution < -0.4 is 15.2 Å². The first kappa shape index (κ1) is 10.7. The number of benzene rings is 1. The average Bonchev–Trinajstić information content (AvgIpc) is 2.55. The molecular formula is C12H15NO3. The van der Waals surface area contributed by atoms with Crippen LogP contribution in [0.4, 0.5) is 5.69 Å². The number of nitrogens with two attached hydrogens (primary N) is 1. The third kappa shape index (κ3) is 1.30. The van der Waals surface area contributed by atoms with Gasteiger partial charge in [0.2, 0.25) is 0 Å². The minimum absolute atomic E-state index is 0.514. The predicted molar refractivity (Wildman–Crippen MR) is 63.2 cm³/mol. The fourth-order valence-corrected chi connectivity index (χ4v) is 1.87. The summed E-state index contributed by atoms with van der Waals surface area (Å²) in [5.74, 6) is 2.12. The molecule has 1 aromatic heterocycles. The molecule has 0 aliphatic carbocycles. The minimum atomic E-state index is 0.514. The maximum atomic E-state index is 5.87. The van der Waals surface area contributed by atoms with E-state index in [1.165, 1.54) is 0 Å². The van der Waals surface area contributed by atoms with Crippen LogP contribution in [0.2, 0.25) is 0 Å². The Bertz CT molecular complexity index is 543. The van der Waals surface area contributed by atoms with Gasteiger partial charge in [0.25, 0.3) is 0 Å². The molecular weight excluding hydrogens is 206 g/mol. The van der Waals surface area contributed by atoms with Crippen molar-refractivity contribution in [1.82, 2.24) is 0 Å². The van der Waals surface area contributed by atoms with Crippen molar-refractivity contribution in [2.75, 3.05) is 20.0 Å². The normalized spacial score (nSPS) is 10.8. The van der Waals surface area contributed by atoms with Gasteiger partial charge in [-0.05, 0) is 13.8 Å². The van der Waals surface area contributed by atoms with Crippen molar-refractivity contribution in [3.8, 4) is 11.5 Å². The van der Waals surface area contributed by atoms with Crippen LogP contribution in [0.5, 0.6) is 11.5 Å². The zero-order chi connectivity index (χ0) is 11.9. The topological polar surface area (TPSA) is 57.6 Å². The smallest absolute Gasteiger partial charge is 0.185 e. The summed E-state index contributed by atoms with van der Waals surface area (Å²) in [6.45, 7) is 3.89. The van der Waals surface area contributed by atoms with Crippen LogP contribution in [0.3, 0.4) is 0 Å². The molecule has 2 rings (SSSR count). The second-order valence-electron chi connectivity index (χ2n) is 3.69. The zero-order valence-corrected chi connectivity index (χ0v) is 9.88. The summed E-state index contributed by atoms with van der Waals surface area (Å²) < 4.78 is 16.2. The highest BCUT2D eigenvalue weighted by Gasteiger charge is 2.18. The number of furan rings is 1. The SMILES string of the molecule is COc1c(N)cc(OC)c2c(C)c(C)oc12. The molecule has 0 aliphatic rings. The Morgan fingerprint density at radius 3 is 2.44 bits per heavy atom. The fourth-order valence-electron chi connectivity index (χ4n) is 1.87. The molecule has 0 unspecified atom stereocenters. The van der Waals surface area contributed by atoms with Gasteiger partial charge >= 0.3 is 0 Å². The maximum Gasteiger partial charge on any atom is 0.185 e. The van der Waals surface area contributed by atoms with E-state index in [9.17, 15) is 0 Å². The Hall–Kier alpha value is -1.84. The number of rotatable bonds is 2. The molecule has 0 saturated heterocycles. The van der Waals surface area contributed by atoms with E-state index in [4.69, 9.17) is 19.6 Å². The summed E-state index contributed by atoms with van der Waals surface area (Å²) in [6, 6.07) is 1.75. The molecule has 2 N–H and O–H groups in total. The van der Waals surface area contributed by atoms with Crippen molar-refractivity contribution < 1.29 is 13.9 Å². The van der Waals surface area contributed by atoms with Crippen molar-refractivity contribution >= 4 is 16.7 Å². The highest BCUT2D eigenvalue weighted by Crippen LogP contribution is 2.42. The van der Waals surface area contributed by atoms with Gasteiger partial charge in [0.1, 0.15) is 11.5 Å². The summed E-state index contributed by atoms with van der Waals surface area (Å²) in [4.78, 5) is 0. The molecule has 0 saturated carbocycles. The monoisotopic (exact) mass is 221 g/mol. The van der Waals surface area contributed by atoms with Gasteiger partial charge in [0.05, 0.1) is 25.3 Å². The molecule has 1 heterocycles. The number of hydrogen-bond donors (Lipinski definition) is 1. The highest BCUT2D eigenvalue weighted by molar-refractivity contribution is 5.96. The van der Waals surface area contributed by atoms with Crippen LogP contribution in [-0.4, -0.2) is 14.2 Å². The summed E-state index contributed by atoms with van der Waals surface area (Å²) in [6.07, 6.45) is 0. The first-order chi connectivity index (χ1) is 7.60. The van der Waals surface area contributed by atoms with Crippen LogP contribution in [0, 0.1) is 13.8 Å². The summed E-state index contributed by atoms with van der Waals surface area (Å²) >= 11 is 0. The molecule has 0 aliphatic heterocycles. The van der Waals surface area contributed by atoms with E-state index < -0.39 is 0 Å². The van der Waals surface area contributed by atoms with E-state index in [2.05, 4.69) is 0 Å². The van der Waals surface area contributed by atoms with Crippen molar-refractivity contribution in [3.63, 3.8) is 0 Å². The summed E-state index contributed by atoms with van der Waals surface area (Å²) in [5, 5.41) is 0.922. The summed E-state index contributed by atoms with van der Waals surface area (Å²) in [5.41, 5.74) is 8.08. The van der Waals surface area contributed by atoms with Gasteiger partial charge in [0.15, 0.2) is 11.3 Å². The molecule has 2 aromatic rings. The van der Waals surface area contributed by atoms with Crippen LogP contribution in [0.1, 0.15) is 11.3 Å². The Balaban J connectivity index is 2.93. The second-order valence-corrected chi connectivity index (χ2v) is 3.69. The summed E-state index contributed by atoms with van der Waals surface area (Å²) in [7, 11) is 3.19. The quantitative estimate of drug-likeness (QED) is 0.792. The van der Waals surface area contributed by atoms with E-state index in [1.807, 2.05) is 13.8 Å². The van der Waals surface area contributed by atoms with Crippen LogP contribution in [0.25, 0.3) is 11.0 Å². The van der Waals surface area contributed by atoms with Gasteiger partial charge in [-0.2, -0.15) is 0 Å². The number of hydrogen-bond acceptors (Lipinski definition) is 4. The van der Waals surface area contributed by atoms with Gasteiger partial charge < -0.3 is 19.6 Å². The molecule has 86 valence electrons. The van der Waals surface area contributed by atoms with E-state index >= 15 is 0 Å². The van der Waals surface area contributed by atoms with Crippen LogP contribution in [0.15, 0.2) is 10.5 Å². The predicted octanol–water partition coefficient (Wildman–Crippen LogP) is 2.65. The van der Waals surface area contributed by atoms with Crippen molar-refractivity contribution in [2.24, 2.45) is 0 Å². The first-order valence-corrected chi connectivity index (χ1v) is 5.00. The Kier molecular flexibility index (Phi) is 2.42. The standard InChI is InChI=1S/C12H15NO3/c1-6-7(2)16-12-10(6)9(14-3)5-8(13)11(12)15-4/h5H,13H2,1-4H3. The number of ether oxygens (including phenoxy) is 2. The number of nitrogen functional groups attached to an aromatic ring is 1. The Morgan fingerprint density at radius 1 is 1.19 bits per heavy atom. The van der Waals surface area contributed by atoms with Crippen molar-refractivity contribution in [3.05, 3.63) is 17.4 Å². The molecule has 0 atom stereocenters. The molecule has 0 bridgehead atoms. The third-order valence-electron chi connectivity index (χ3n) is 2.81.